The zero-order valence-corrected chi connectivity index (χ0v) is 8.34. The van der Waals surface area contributed by atoms with Gasteiger partial charge in [0.15, 0.2) is 0 Å². The molecule has 0 spiro atoms. The summed E-state index contributed by atoms with van der Waals surface area (Å²) >= 11 is 0. The number of halogens is 1. The fraction of sp³-hybridized carbons (Fsp3) is 0.444. The molecule has 0 radical (unpaired) electrons. The first-order valence-corrected chi connectivity index (χ1v) is 3.95. The molecule has 0 saturated carbocycles. The molecule has 0 atom stereocenters. The molecule has 0 aromatic carbocycles. The van der Waals surface area contributed by atoms with Crippen LogP contribution in [-0.4, -0.2) is 18.6 Å². The Balaban J connectivity index is 0.00000121. The predicted octanol–water partition coefficient (Wildman–Crippen LogP) is 2.35. The largest absolute Gasteiger partial charge is 0.375 e. The SMILES string of the molecule is CCCN(C)c1ccncc1.Cl. The number of pyridine rings is 1. The van der Waals surface area contributed by atoms with Crippen molar-refractivity contribution in [3.05, 3.63) is 24.5 Å². The van der Waals surface area contributed by atoms with Gasteiger partial charge in [-0.3, -0.25) is 4.98 Å². The van der Waals surface area contributed by atoms with E-state index in [1.807, 2.05) is 24.5 Å². The van der Waals surface area contributed by atoms with Crippen LogP contribution in [0.4, 0.5) is 5.69 Å². The first kappa shape index (κ1) is 11.2. The van der Waals surface area contributed by atoms with E-state index in [9.17, 15) is 0 Å². The summed E-state index contributed by atoms with van der Waals surface area (Å²) in [5.41, 5.74) is 1.24. The van der Waals surface area contributed by atoms with E-state index in [1.165, 1.54) is 12.1 Å². The number of hydrogen-bond acceptors (Lipinski definition) is 2. The Morgan fingerprint density at radius 2 is 1.92 bits per heavy atom. The summed E-state index contributed by atoms with van der Waals surface area (Å²) in [5, 5.41) is 0. The Morgan fingerprint density at radius 3 is 2.42 bits per heavy atom. The highest BCUT2D eigenvalue weighted by atomic mass is 35.5. The van der Waals surface area contributed by atoms with E-state index in [2.05, 4.69) is 23.9 Å². The third-order valence-electron chi connectivity index (χ3n) is 1.66. The van der Waals surface area contributed by atoms with Gasteiger partial charge in [0.05, 0.1) is 0 Å². The highest BCUT2D eigenvalue weighted by molar-refractivity contribution is 5.85. The second-order valence-corrected chi connectivity index (χ2v) is 2.63. The van der Waals surface area contributed by atoms with Gasteiger partial charge in [-0.15, -0.1) is 12.4 Å². The zero-order valence-electron chi connectivity index (χ0n) is 7.53. The van der Waals surface area contributed by atoms with Gasteiger partial charge in [-0.1, -0.05) is 6.92 Å². The summed E-state index contributed by atoms with van der Waals surface area (Å²) in [6, 6.07) is 4.05. The van der Waals surface area contributed by atoms with Crippen LogP contribution in [0.15, 0.2) is 24.5 Å². The Hall–Kier alpha value is -0.760. The number of anilines is 1. The zero-order chi connectivity index (χ0) is 8.10. The van der Waals surface area contributed by atoms with Crippen LogP contribution in [0, 0.1) is 0 Å². The van der Waals surface area contributed by atoms with Crippen LogP contribution in [0.1, 0.15) is 13.3 Å². The van der Waals surface area contributed by atoms with E-state index in [4.69, 9.17) is 0 Å². The molecule has 0 aliphatic heterocycles. The van der Waals surface area contributed by atoms with Gasteiger partial charge in [-0.2, -0.15) is 0 Å². The van der Waals surface area contributed by atoms with Crippen molar-refractivity contribution in [2.45, 2.75) is 13.3 Å². The summed E-state index contributed by atoms with van der Waals surface area (Å²) in [6.45, 7) is 3.28. The maximum atomic E-state index is 3.96. The van der Waals surface area contributed by atoms with E-state index in [0.717, 1.165) is 6.54 Å². The molecule has 0 aliphatic carbocycles. The molecule has 1 heterocycles. The smallest absolute Gasteiger partial charge is 0.0394 e. The van der Waals surface area contributed by atoms with Crippen LogP contribution in [0.5, 0.6) is 0 Å². The first-order valence-electron chi connectivity index (χ1n) is 3.95. The topological polar surface area (TPSA) is 16.1 Å². The van der Waals surface area contributed by atoms with Crippen molar-refractivity contribution in [3.63, 3.8) is 0 Å². The quantitative estimate of drug-likeness (QED) is 0.721. The fourth-order valence-electron chi connectivity index (χ4n) is 1.06. The van der Waals surface area contributed by atoms with Crippen molar-refractivity contribution in [3.8, 4) is 0 Å². The molecule has 1 aromatic heterocycles. The van der Waals surface area contributed by atoms with Crippen LogP contribution in [-0.2, 0) is 0 Å². The van der Waals surface area contributed by atoms with Crippen LogP contribution in [0.2, 0.25) is 0 Å². The van der Waals surface area contributed by atoms with Crippen molar-refractivity contribution in [1.82, 2.24) is 4.98 Å². The van der Waals surface area contributed by atoms with E-state index in [-0.39, 0.29) is 12.4 Å². The van der Waals surface area contributed by atoms with E-state index in [1.54, 1.807) is 0 Å². The van der Waals surface area contributed by atoms with Gasteiger partial charge < -0.3 is 4.90 Å². The molecule has 1 aromatic rings. The molecule has 0 N–H and O–H groups in total. The maximum absolute atomic E-state index is 3.96. The number of aromatic nitrogens is 1. The summed E-state index contributed by atoms with van der Waals surface area (Å²) < 4.78 is 0. The van der Waals surface area contributed by atoms with Crippen LogP contribution >= 0.6 is 12.4 Å². The first-order chi connectivity index (χ1) is 5.34. The lowest BCUT2D eigenvalue weighted by molar-refractivity contribution is 0.851. The van der Waals surface area contributed by atoms with Crippen LogP contribution in [0.3, 0.4) is 0 Å². The normalized spacial score (nSPS) is 8.83. The monoisotopic (exact) mass is 186 g/mol. The van der Waals surface area contributed by atoms with Crippen molar-refractivity contribution in [2.24, 2.45) is 0 Å². The number of rotatable bonds is 3. The molecule has 2 nitrogen and oxygen atoms in total. The molecular formula is C9H15ClN2. The maximum Gasteiger partial charge on any atom is 0.0394 e. The molecule has 0 amide bonds. The average molecular weight is 187 g/mol. The van der Waals surface area contributed by atoms with E-state index < -0.39 is 0 Å². The minimum atomic E-state index is 0. The van der Waals surface area contributed by atoms with Gasteiger partial charge in [0.25, 0.3) is 0 Å². The Labute approximate surface area is 80.0 Å². The van der Waals surface area contributed by atoms with Crippen LogP contribution < -0.4 is 4.90 Å². The summed E-state index contributed by atoms with van der Waals surface area (Å²) in [6.07, 6.45) is 4.82. The Kier molecular flexibility index (Phi) is 5.47. The molecule has 1 rings (SSSR count). The van der Waals surface area contributed by atoms with E-state index >= 15 is 0 Å². The van der Waals surface area contributed by atoms with Gasteiger partial charge in [-0.05, 0) is 18.6 Å². The summed E-state index contributed by atoms with van der Waals surface area (Å²) in [7, 11) is 2.10. The van der Waals surface area contributed by atoms with Gasteiger partial charge >= 0.3 is 0 Å². The molecule has 68 valence electrons. The predicted molar refractivity (Wildman–Crippen MR) is 55.0 cm³/mol. The standard InChI is InChI=1S/C9H14N2.ClH/c1-3-8-11(2)9-4-6-10-7-5-9;/h4-7H,3,8H2,1-2H3;1H. The van der Waals surface area contributed by atoms with E-state index in [0.29, 0.717) is 0 Å². The molecule has 0 bridgehead atoms. The minimum absolute atomic E-state index is 0. The lowest BCUT2D eigenvalue weighted by atomic mass is 10.3. The number of hydrogen-bond donors (Lipinski definition) is 0. The van der Waals surface area contributed by atoms with Gasteiger partial charge in [0.1, 0.15) is 0 Å². The molecular weight excluding hydrogens is 172 g/mol. The van der Waals surface area contributed by atoms with Crippen molar-refractivity contribution >= 4 is 18.1 Å². The Morgan fingerprint density at radius 1 is 1.33 bits per heavy atom. The highest BCUT2D eigenvalue weighted by Crippen LogP contribution is 2.09. The Bertz CT molecular complexity index is 201. The highest BCUT2D eigenvalue weighted by Gasteiger charge is 1.95. The van der Waals surface area contributed by atoms with Gasteiger partial charge in [0.2, 0.25) is 0 Å². The van der Waals surface area contributed by atoms with Crippen molar-refractivity contribution in [2.75, 3.05) is 18.5 Å². The van der Waals surface area contributed by atoms with Crippen molar-refractivity contribution in [1.29, 1.82) is 0 Å². The summed E-state index contributed by atoms with van der Waals surface area (Å²) in [5.74, 6) is 0. The van der Waals surface area contributed by atoms with Gasteiger partial charge in [-0.25, -0.2) is 0 Å². The molecule has 0 aliphatic rings. The molecule has 0 fully saturated rings. The third-order valence-corrected chi connectivity index (χ3v) is 1.66. The molecule has 0 saturated heterocycles. The summed E-state index contributed by atoms with van der Waals surface area (Å²) in [4.78, 5) is 6.19. The number of nitrogens with zero attached hydrogens (tertiary/aromatic N) is 2. The third kappa shape index (κ3) is 3.09. The molecule has 0 unspecified atom stereocenters. The van der Waals surface area contributed by atoms with Crippen molar-refractivity contribution < 1.29 is 0 Å². The minimum Gasteiger partial charge on any atom is -0.375 e. The second kappa shape index (κ2) is 5.84. The lowest BCUT2D eigenvalue weighted by Crippen LogP contribution is -2.17. The van der Waals surface area contributed by atoms with Gasteiger partial charge in [0, 0.05) is 31.7 Å². The lowest BCUT2D eigenvalue weighted by Gasteiger charge is -2.17. The second-order valence-electron chi connectivity index (χ2n) is 2.63. The van der Waals surface area contributed by atoms with Crippen LogP contribution in [0.25, 0.3) is 0 Å². The average Bonchev–Trinajstić information content (AvgIpc) is 2.07. The molecule has 12 heavy (non-hydrogen) atoms. The molecule has 3 heteroatoms. The fourth-order valence-corrected chi connectivity index (χ4v) is 1.06.